The fraction of sp³-hybridized carbons (Fsp3) is 0.963. The van der Waals surface area contributed by atoms with Gasteiger partial charge in [-0.05, 0) is 91.8 Å². The summed E-state index contributed by atoms with van der Waals surface area (Å²) in [7, 11) is 0. The highest BCUT2D eigenvalue weighted by Crippen LogP contribution is 2.68. The van der Waals surface area contributed by atoms with Crippen molar-refractivity contribution in [2.24, 2.45) is 52.8 Å². The largest absolute Gasteiger partial charge is 0.393 e. The van der Waals surface area contributed by atoms with Crippen LogP contribution in [-0.4, -0.2) is 51.7 Å². The van der Waals surface area contributed by atoms with Crippen LogP contribution in [0.25, 0.3) is 0 Å². The molecular formula is C27H43NO3. The Hall–Kier alpha value is -0.450. The summed E-state index contributed by atoms with van der Waals surface area (Å²) in [5.74, 6) is 4.17. The second-order valence-corrected chi connectivity index (χ2v) is 13.1. The van der Waals surface area contributed by atoms with E-state index in [1.54, 1.807) is 0 Å². The summed E-state index contributed by atoms with van der Waals surface area (Å²) in [5, 5.41) is 23.6. The molecule has 6 rings (SSSR count). The van der Waals surface area contributed by atoms with Gasteiger partial charge in [-0.3, -0.25) is 9.69 Å². The Morgan fingerprint density at radius 3 is 2.58 bits per heavy atom. The number of nitrogens with zero attached hydrogens (tertiary/aromatic N) is 1. The van der Waals surface area contributed by atoms with Gasteiger partial charge in [0.1, 0.15) is 5.78 Å². The van der Waals surface area contributed by atoms with Crippen LogP contribution in [0.1, 0.15) is 78.6 Å². The van der Waals surface area contributed by atoms with Gasteiger partial charge in [-0.25, -0.2) is 0 Å². The number of hydrogen-bond acceptors (Lipinski definition) is 4. The van der Waals surface area contributed by atoms with Crippen LogP contribution in [0.3, 0.4) is 0 Å². The average Bonchev–Trinajstić information content (AvgIpc) is 3.03. The fourth-order valence-corrected chi connectivity index (χ4v) is 10.4. The average molecular weight is 430 g/mol. The summed E-state index contributed by atoms with van der Waals surface area (Å²) >= 11 is 0. The number of carbonyl (C=O) groups is 1. The van der Waals surface area contributed by atoms with Gasteiger partial charge in [-0.15, -0.1) is 0 Å². The number of carbonyl (C=O) groups excluding carboxylic acids is 1. The van der Waals surface area contributed by atoms with Gasteiger partial charge >= 0.3 is 0 Å². The van der Waals surface area contributed by atoms with Gasteiger partial charge in [0.25, 0.3) is 0 Å². The highest BCUT2D eigenvalue weighted by molar-refractivity contribution is 5.79. The van der Waals surface area contributed by atoms with Crippen molar-refractivity contribution in [3.8, 4) is 0 Å². The monoisotopic (exact) mass is 429 g/mol. The Balaban J connectivity index is 1.33. The highest BCUT2D eigenvalue weighted by atomic mass is 16.3. The van der Waals surface area contributed by atoms with Gasteiger partial charge in [0, 0.05) is 37.9 Å². The molecule has 0 aromatic heterocycles. The van der Waals surface area contributed by atoms with E-state index in [9.17, 15) is 15.0 Å². The molecule has 6 fully saturated rings. The zero-order chi connectivity index (χ0) is 21.7. The van der Waals surface area contributed by atoms with E-state index in [1.807, 2.05) is 0 Å². The van der Waals surface area contributed by atoms with Crippen molar-refractivity contribution in [2.45, 2.75) is 96.3 Å². The molecule has 0 spiro atoms. The first-order valence-electron chi connectivity index (χ1n) is 13.4. The SMILES string of the molecule is CC1CCC2C(C)C3CCC4C5CC(O)C6CC(=O)CCC6(C)C5CC4(O)C3CN2C1. The van der Waals surface area contributed by atoms with Crippen molar-refractivity contribution in [2.75, 3.05) is 13.1 Å². The smallest absolute Gasteiger partial charge is 0.133 e. The molecule has 12 atom stereocenters. The van der Waals surface area contributed by atoms with E-state index in [0.717, 1.165) is 38.1 Å². The number of ketones is 1. The molecule has 12 unspecified atom stereocenters. The van der Waals surface area contributed by atoms with E-state index < -0.39 is 5.60 Å². The van der Waals surface area contributed by atoms with Gasteiger partial charge in [-0.1, -0.05) is 20.8 Å². The third-order valence-corrected chi connectivity index (χ3v) is 11.9. The molecule has 4 saturated carbocycles. The number of fused-ring (bicyclic) bond motifs is 8. The normalized spacial score (nSPS) is 59.2. The Morgan fingerprint density at radius 1 is 0.968 bits per heavy atom. The van der Waals surface area contributed by atoms with Crippen molar-refractivity contribution in [3.63, 3.8) is 0 Å². The lowest BCUT2D eigenvalue weighted by Gasteiger charge is -2.59. The second-order valence-electron chi connectivity index (χ2n) is 13.1. The minimum Gasteiger partial charge on any atom is -0.393 e. The molecule has 0 amide bonds. The molecule has 0 aromatic carbocycles. The highest BCUT2D eigenvalue weighted by Gasteiger charge is 2.68. The van der Waals surface area contributed by atoms with E-state index >= 15 is 0 Å². The number of hydrogen-bond donors (Lipinski definition) is 2. The zero-order valence-corrected chi connectivity index (χ0v) is 19.8. The van der Waals surface area contributed by atoms with Gasteiger partial charge < -0.3 is 10.2 Å². The zero-order valence-electron chi connectivity index (χ0n) is 19.8. The maximum Gasteiger partial charge on any atom is 0.133 e. The van der Waals surface area contributed by atoms with Gasteiger partial charge in [0.05, 0.1) is 11.7 Å². The van der Waals surface area contributed by atoms with Crippen LogP contribution in [0.4, 0.5) is 0 Å². The Morgan fingerprint density at radius 2 is 1.77 bits per heavy atom. The summed E-state index contributed by atoms with van der Waals surface area (Å²) in [5.41, 5.74) is -0.557. The number of piperidine rings is 2. The molecule has 174 valence electrons. The predicted molar refractivity (Wildman–Crippen MR) is 120 cm³/mol. The topological polar surface area (TPSA) is 60.8 Å². The standard InChI is InChI=1S/C27H43NO3/c1-15-4-7-24-16(2)18-5-6-20-19-11-25(30)21-10-17(29)8-9-26(21,3)22(19)12-27(20,31)23(18)14-28(24)13-15/h15-16,18-25,30-31H,4-14H2,1-3H3. The Labute approximate surface area is 188 Å². The summed E-state index contributed by atoms with van der Waals surface area (Å²) < 4.78 is 0. The maximum atomic E-state index is 12.5. The van der Waals surface area contributed by atoms with Crippen molar-refractivity contribution >= 4 is 5.78 Å². The van der Waals surface area contributed by atoms with Crippen LogP contribution in [0, 0.1) is 52.8 Å². The van der Waals surface area contributed by atoms with Crippen LogP contribution >= 0.6 is 0 Å². The molecule has 2 aliphatic heterocycles. The van der Waals surface area contributed by atoms with Gasteiger partial charge in [-0.2, -0.15) is 0 Å². The van der Waals surface area contributed by atoms with Crippen molar-refractivity contribution in [1.29, 1.82) is 0 Å². The van der Waals surface area contributed by atoms with Crippen LogP contribution in [0.5, 0.6) is 0 Å². The first-order chi connectivity index (χ1) is 14.7. The summed E-state index contributed by atoms with van der Waals surface area (Å²) in [6.07, 6.45) is 8.58. The van der Waals surface area contributed by atoms with E-state index in [-0.39, 0.29) is 17.4 Å². The van der Waals surface area contributed by atoms with Gasteiger partial charge in [0.15, 0.2) is 0 Å². The first-order valence-corrected chi connectivity index (χ1v) is 13.4. The minimum atomic E-state index is -0.572. The minimum absolute atomic E-state index is 0.0151. The molecule has 0 bridgehead atoms. The van der Waals surface area contributed by atoms with E-state index in [0.29, 0.717) is 60.2 Å². The van der Waals surface area contributed by atoms with Crippen molar-refractivity contribution in [1.82, 2.24) is 4.90 Å². The third-order valence-electron chi connectivity index (χ3n) is 11.9. The fourth-order valence-electron chi connectivity index (χ4n) is 10.4. The van der Waals surface area contributed by atoms with Crippen molar-refractivity contribution < 1.29 is 15.0 Å². The molecule has 31 heavy (non-hydrogen) atoms. The summed E-state index contributed by atoms with van der Waals surface area (Å²) in [6, 6.07) is 0.717. The second kappa shape index (κ2) is 7.03. The lowest BCUT2D eigenvalue weighted by Crippen LogP contribution is -2.63. The maximum absolute atomic E-state index is 12.5. The van der Waals surface area contributed by atoms with Crippen LogP contribution in [0.15, 0.2) is 0 Å². The third kappa shape index (κ3) is 2.86. The van der Waals surface area contributed by atoms with Crippen LogP contribution < -0.4 is 0 Å². The molecule has 4 nitrogen and oxygen atoms in total. The molecule has 6 aliphatic rings. The van der Waals surface area contributed by atoms with E-state index in [1.165, 1.54) is 25.8 Å². The summed E-state index contributed by atoms with van der Waals surface area (Å²) in [6.45, 7) is 9.50. The number of Topliss-reactive ketones (excluding diaryl/α,β-unsaturated/α-hetero) is 1. The molecule has 4 aliphatic carbocycles. The number of aliphatic hydroxyl groups excluding tert-OH is 1. The molecular weight excluding hydrogens is 386 g/mol. The number of aliphatic hydroxyl groups is 2. The van der Waals surface area contributed by atoms with E-state index in [2.05, 4.69) is 25.7 Å². The summed E-state index contributed by atoms with van der Waals surface area (Å²) in [4.78, 5) is 15.0. The number of rotatable bonds is 0. The van der Waals surface area contributed by atoms with Gasteiger partial charge in [0.2, 0.25) is 0 Å². The predicted octanol–water partition coefficient (Wildman–Crippen LogP) is 3.89. The van der Waals surface area contributed by atoms with Crippen molar-refractivity contribution in [3.05, 3.63) is 0 Å². The lowest BCUT2D eigenvalue weighted by atomic mass is 9.51. The molecule has 2 heterocycles. The Kier molecular flexibility index (Phi) is 4.78. The van der Waals surface area contributed by atoms with Crippen LogP contribution in [0.2, 0.25) is 0 Å². The molecule has 2 saturated heterocycles. The quantitative estimate of drug-likeness (QED) is 0.613. The molecule has 0 aromatic rings. The Bertz CT molecular complexity index is 753. The van der Waals surface area contributed by atoms with E-state index in [4.69, 9.17) is 0 Å². The molecule has 0 radical (unpaired) electrons. The first kappa shape index (κ1) is 21.1. The molecule has 4 heteroatoms. The van der Waals surface area contributed by atoms with Crippen LogP contribution in [-0.2, 0) is 4.79 Å². The molecule has 2 N–H and O–H groups in total. The lowest BCUT2D eigenvalue weighted by molar-refractivity contribution is -0.164.